The summed E-state index contributed by atoms with van der Waals surface area (Å²) in [7, 11) is 3.39. The average molecular weight is 390 g/mol. The number of rotatable bonds is 5. The van der Waals surface area contributed by atoms with Gasteiger partial charge in [-0.3, -0.25) is 9.48 Å². The molecule has 7 nitrogen and oxygen atoms in total. The Labute approximate surface area is 166 Å². The monoisotopic (exact) mass is 390 g/mol. The van der Waals surface area contributed by atoms with Gasteiger partial charge >= 0.3 is 0 Å². The fourth-order valence-corrected chi connectivity index (χ4v) is 2.94. The number of carbonyl (C=O) groups is 1. The lowest BCUT2D eigenvalue weighted by molar-refractivity contribution is 0.0827. The number of hydrogen-bond acceptors (Lipinski definition) is 5. The molecule has 0 fully saturated rings. The number of fused-ring (bicyclic) bond motifs is 1. The standard InChI is InChI=1S/C21H19FN6O/c1-27(2)21(29)14-7-8-19(23-10-14)26-20-9-18-16(11-24-20)12-25-28(18)13-15-5-3-4-6-17(15)22/h3-12H,13H2,1-2H3,(H,23,24,26). The van der Waals surface area contributed by atoms with Gasteiger partial charge in [-0.2, -0.15) is 5.10 Å². The van der Waals surface area contributed by atoms with Gasteiger partial charge in [0, 0.05) is 43.5 Å². The Morgan fingerprint density at radius 2 is 1.86 bits per heavy atom. The second-order valence-electron chi connectivity index (χ2n) is 6.78. The molecule has 4 rings (SSSR count). The second kappa shape index (κ2) is 7.67. The third kappa shape index (κ3) is 3.91. The number of pyridine rings is 2. The number of anilines is 2. The molecular formula is C21H19FN6O. The second-order valence-corrected chi connectivity index (χ2v) is 6.78. The number of benzene rings is 1. The predicted octanol–water partition coefficient (Wildman–Crippen LogP) is 3.46. The molecule has 0 spiro atoms. The minimum Gasteiger partial charge on any atom is -0.345 e. The molecule has 0 aliphatic carbocycles. The van der Waals surface area contributed by atoms with Gasteiger partial charge in [-0.15, -0.1) is 0 Å². The number of nitrogens with one attached hydrogen (secondary N) is 1. The van der Waals surface area contributed by atoms with Gasteiger partial charge in [0.1, 0.15) is 17.5 Å². The van der Waals surface area contributed by atoms with Crippen molar-refractivity contribution in [2.24, 2.45) is 0 Å². The first-order valence-corrected chi connectivity index (χ1v) is 9.01. The van der Waals surface area contributed by atoms with Crippen molar-refractivity contribution in [1.29, 1.82) is 0 Å². The smallest absolute Gasteiger partial charge is 0.254 e. The Morgan fingerprint density at radius 1 is 1.07 bits per heavy atom. The molecule has 1 N–H and O–H groups in total. The highest BCUT2D eigenvalue weighted by Crippen LogP contribution is 2.20. The first-order chi connectivity index (χ1) is 14.0. The SMILES string of the molecule is CN(C)C(=O)c1ccc(Nc2cc3c(cn2)cnn3Cc2ccccc2F)nc1. The van der Waals surface area contributed by atoms with Gasteiger partial charge in [-0.25, -0.2) is 14.4 Å². The summed E-state index contributed by atoms with van der Waals surface area (Å²) in [5.74, 6) is 0.764. The molecule has 0 saturated carbocycles. The van der Waals surface area contributed by atoms with Crippen molar-refractivity contribution in [3.05, 3.63) is 78.0 Å². The quantitative estimate of drug-likeness (QED) is 0.565. The topological polar surface area (TPSA) is 75.9 Å². The van der Waals surface area contributed by atoms with E-state index in [1.165, 1.54) is 17.2 Å². The van der Waals surface area contributed by atoms with Crippen LogP contribution < -0.4 is 5.32 Å². The maximum atomic E-state index is 14.0. The fraction of sp³-hybridized carbons (Fsp3) is 0.143. The van der Waals surface area contributed by atoms with E-state index in [9.17, 15) is 9.18 Å². The molecule has 0 aliphatic heterocycles. The Balaban J connectivity index is 1.57. The molecule has 0 bridgehead atoms. The van der Waals surface area contributed by atoms with Crippen molar-refractivity contribution in [1.82, 2.24) is 24.6 Å². The van der Waals surface area contributed by atoms with Gasteiger partial charge in [-0.1, -0.05) is 18.2 Å². The summed E-state index contributed by atoms with van der Waals surface area (Å²) in [4.78, 5) is 22.1. The molecule has 4 aromatic rings. The van der Waals surface area contributed by atoms with Gasteiger partial charge in [0.05, 0.1) is 23.8 Å². The summed E-state index contributed by atoms with van der Waals surface area (Å²) in [6, 6.07) is 11.9. The van der Waals surface area contributed by atoms with Crippen LogP contribution in [0.4, 0.5) is 16.0 Å². The van der Waals surface area contributed by atoms with E-state index < -0.39 is 0 Å². The first kappa shape index (κ1) is 18.5. The number of aromatic nitrogens is 4. The third-order valence-corrected chi connectivity index (χ3v) is 4.48. The largest absolute Gasteiger partial charge is 0.345 e. The molecule has 29 heavy (non-hydrogen) atoms. The normalized spacial score (nSPS) is 10.9. The molecule has 0 unspecified atom stereocenters. The molecule has 3 aromatic heterocycles. The highest BCUT2D eigenvalue weighted by atomic mass is 19.1. The Bertz CT molecular complexity index is 1170. The van der Waals surface area contributed by atoms with E-state index in [4.69, 9.17) is 0 Å². The van der Waals surface area contributed by atoms with Crippen molar-refractivity contribution >= 4 is 28.4 Å². The van der Waals surface area contributed by atoms with E-state index in [1.807, 2.05) is 6.07 Å². The zero-order valence-corrected chi connectivity index (χ0v) is 16.0. The van der Waals surface area contributed by atoms with Crippen LogP contribution in [0.1, 0.15) is 15.9 Å². The molecule has 0 aliphatic rings. The number of hydrogen-bond donors (Lipinski definition) is 1. The van der Waals surface area contributed by atoms with E-state index in [0.29, 0.717) is 29.3 Å². The van der Waals surface area contributed by atoms with Gasteiger partial charge in [0.15, 0.2) is 0 Å². The van der Waals surface area contributed by atoms with E-state index in [-0.39, 0.29) is 11.7 Å². The Hall–Kier alpha value is -3.81. The van der Waals surface area contributed by atoms with Gasteiger partial charge in [-0.05, 0) is 18.2 Å². The molecule has 0 saturated heterocycles. The number of carbonyl (C=O) groups excluding carboxylic acids is 1. The number of nitrogens with zero attached hydrogens (tertiary/aromatic N) is 5. The van der Waals surface area contributed by atoms with Crippen LogP contribution in [-0.2, 0) is 6.54 Å². The van der Waals surface area contributed by atoms with E-state index >= 15 is 0 Å². The summed E-state index contributed by atoms with van der Waals surface area (Å²) < 4.78 is 15.7. The lowest BCUT2D eigenvalue weighted by Crippen LogP contribution is -2.21. The summed E-state index contributed by atoms with van der Waals surface area (Å²) >= 11 is 0. The van der Waals surface area contributed by atoms with Crippen molar-refractivity contribution < 1.29 is 9.18 Å². The summed E-state index contributed by atoms with van der Waals surface area (Å²) in [6.07, 6.45) is 4.92. The summed E-state index contributed by atoms with van der Waals surface area (Å²) in [5.41, 5.74) is 1.89. The van der Waals surface area contributed by atoms with Crippen LogP contribution in [0.25, 0.3) is 10.9 Å². The summed E-state index contributed by atoms with van der Waals surface area (Å²) in [6.45, 7) is 0.319. The van der Waals surface area contributed by atoms with E-state index in [1.54, 1.807) is 61.5 Å². The van der Waals surface area contributed by atoms with Crippen molar-refractivity contribution in [2.45, 2.75) is 6.54 Å². The average Bonchev–Trinajstić information content (AvgIpc) is 3.12. The molecule has 8 heteroatoms. The lowest BCUT2D eigenvalue weighted by Gasteiger charge is -2.11. The lowest BCUT2D eigenvalue weighted by atomic mass is 10.2. The minimum atomic E-state index is -0.264. The molecule has 3 heterocycles. The Kier molecular flexibility index (Phi) is 4.90. The van der Waals surface area contributed by atoms with Crippen LogP contribution in [0.2, 0.25) is 0 Å². The first-order valence-electron chi connectivity index (χ1n) is 9.01. The van der Waals surface area contributed by atoms with Gasteiger partial charge < -0.3 is 10.2 Å². The van der Waals surface area contributed by atoms with Crippen molar-refractivity contribution in [2.75, 3.05) is 19.4 Å². The highest BCUT2D eigenvalue weighted by molar-refractivity contribution is 5.93. The maximum Gasteiger partial charge on any atom is 0.254 e. The molecule has 146 valence electrons. The van der Waals surface area contributed by atoms with Crippen LogP contribution in [0, 0.1) is 5.82 Å². The van der Waals surface area contributed by atoms with Crippen LogP contribution in [-0.4, -0.2) is 44.7 Å². The van der Waals surface area contributed by atoms with E-state index in [2.05, 4.69) is 20.4 Å². The zero-order valence-electron chi connectivity index (χ0n) is 16.0. The molecule has 0 radical (unpaired) electrons. The van der Waals surface area contributed by atoms with Crippen LogP contribution in [0.5, 0.6) is 0 Å². The van der Waals surface area contributed by atoms with Gasteiger partial charge in [0.2, 0.25) is 0 Å². The fourth-order valence-electron chi connectivity index (χ4n) is 2.94. The third-order valence-electron chi connectivity index (χ3n) is 4.48. The molecule has 0 atom stereocenters. The number of halogens is 1. The van der Waals surface area contributed by atoms with E-state index in [0.717, 1.165) is 10.9 Å². The van der Waals surface area contributed by atoms with Gasteiger partial charge in [0.25, 0.3) is 5.91 Å². The van der Waals surface area contributed by atoms with Crippen LogP contribution in [0.3, 0.4) is 0 Å². The van der Waals surface area contributed by atoms with Crippen LogP contribution in [0.15, 0.2) is 61.1 Å². The molecule has 1 amide bonds. The minimum absolute atomic E-state index is 0.111. The highest BCUT2D eigenvalue weighted by Gasteiger charge is 2.10. The molecular weight excluding hydrogens is 371 g/mol. The van der Waals surface area contributed by atoms with Crippen molar-refractivity contribution in [3.63, 3.8) is 0 Å². The maximum absolute atomic E-state index is 14.0. The number of amides is 1. The van der Waals surface area contributed by atoms with Crippen molar-refractivity contribution in [3.8, 4) is 0 Å². The zero-order chi connectivity index (χ0) is 20.4. The molecule has 1 aromatic carbocycles. The Morgan fingerprint density at radius 3 is 2.59 bits per heavy atom. The van der Waals surface area contributed by atoms with Crippen LogP contribution >= 0.6 is 0 Å². The predicted molar refractivity (Wildman–Crippen MR) is 109 cm³/mol. The summed E-state index contributed by atoms with van der Waals surface area (Å²) in [5, 5.41) is 8.33.